The maximum atomic E-state index is 12.1. The van der Waals surface area contributed by atoms with Gasteiger partial charge >= 0.3 is 5.97 Å². The summed E-state index contributed by atoms with van der Waals surface area (Å²) in [7, 11) is 0. The minimum Gasteiger partial charge on any atom is -0.461 e. The second-order valence-corrected chi connectivity index (χ2v) is 5.58. The molecule has 0 amide bonds. The van der Waals surface area contributed by atoms with Gasteiger partial charge in [-0.25, -0.2) is 4.79 Å². The lowest BCUT2D eigenvalue weighted by Crippen LogP contribution is -2.27. The van der Waals surface area contributed by atoms with E-state index in [-0.39, 0.29) is 11.5 Å². The molecular weight excluding hydrogens is 252 g/mol. The van der Waals surface area contributed by atoms with Gasteiger partial charge in [0.15, 0.2) is 0 Å². The lowest BCUT2D eigenvalue weighted by atomic mass is 10.1. The van der Waals surface area contributed by atoms with E-state index in [0.717, 1.165) is 11.3 Å². The normalized spacial score (nSPS) is 11.4. The molecule has 0 aliphatic rings. The van der Waals surface area contributed by atoms with Crippen LogP contribution >= 0.6 is 0 Å². The van der Waals surface area contributed by atoms with Crippen molar-refractivity contribution >= 4 is 5.97 Å². The molecule has 0 fully saturated rings. The number of hydrogen-bond acceptors (Lipinski definition) is 3. The zero-order valence-corrected chi connectivity index (χ0v) is 12.4. The highest BCUT2D eigenvalue weighted by Gasteiger charge is 2.24. The Bertz CT molecular complexity index is 595. The summed E-state index contributed by atoms with van der Waals surface area (Å²) in [5.74, 6) is -0.336. The van der Waals surface area contributed by atoms with Gasteiger partial charge in [0.2, 0.25) is 0 Å². The molecule has 0 saturated carbocycles. The third-order valence-corrected chi connectivity index (χ3v) is 2.90. The Morgan fingerprint density at radius 1 is 1.25 bits per heavy atom. The minimum absolute atomic E-state index is 0.283. The van der Waals surface area contributed by atoms with E-state index in [2.05, 4.69) is 5.10 Å². The highest BCUT2D eigenvalue weighted by Crippen LogP contribution is 2.24. The van der Waals surface area contributed by atoms with Gasteiger partial charge in [-0.1, -0.05) is 30.3 Å². The Balaban J connectivity index is 2.50. The fraction of sp³-hybridized carbons (Fsp3) is 0.375. The molecule has 2 rings (SSSR count). The van der Waals surface area contributed by atoms with Crippen LogP contribution in [0.2, 0.25) is 0 Å². The van der Waals surface area contributed by atoms with E-state index in [9.17, 15) is 4.79 Å². The van der Waals surface area contributed by atoms with Crippen LogP contribution in [-0.4, -0.2) is 22.4 Å². The fourth-order valence-electron chi connectivity index (χ4n) is 1.99. The van der Waals surface area contributed by atoms with E-state index < -0.39 is 0 Å². The topological polar surface area (TPSA) is 44.1 Å². The van der Waals surface area contributed by atoms with E-state index in [1.807, 2.05) is 51.1 Å². The van der Waals surface area contributed by atoms with Gasteiger partial charge in [-0.2, -0.15) is 5.10 Å². The molecule has 0 spiro atoms. The van der Waals surface area contributed by atoms with Crippen molar-refractivity contribution in [3.63, 3.8) is 0 Å². The van der Waals surface area contributed by atoms with Crippen molar-refractivity contribution in [3.05, 3.63) is 42.1 Å². The summed E-state index contributed by atoms with van der Waals surface area (Å²) in [6.07, 6.45) is 0. The van der Waals surface area contributed by atoms with Crippen molar-refractivity contribution in [1.29, 1.82) is 0 Å². The van der Waals surface area contributed by atoms with Gasteiger partial charge in [0.05, 0.1) is 17.8 Å². The molecule has 0 bridgehead atoms. The molecule has 0 unspecified atom stereocenters. The van der Waals surface area contributed by atoms with E-state index in [0.29, 0.717) is 12.3 Å². The first kappa shape index (κ1) is 14.3. The summed E-state index contributed by atoms with van der Waals surface area (Å²) < 4.78 is 6.84. The van der Waals surface area contributed by atoms with Crippen molar-refractivity contribution in [2.24, 2.45) is 0 Å². The first-order valence-corrected chi connectivity index (χ1v) is 6.76. The molecule has 0 radical (unpaired) electrons. The molecule has 1 aromatic carbocycles. The van der Waals surface area contributed by atoms with Crippen LogP contribution in [0.25, 0.3) is 11.3 Å². The van der Waals surface area contributed by atoms with E-state index in [4.69, 9.17) is 4.74 Å². The first-order chi connectivity index (χ1) is 9.43. The lowest BCUT2D eigenvalue weighted by Gasteiger charge is -2.21. The molecule has 1 heterocycles. The van der Waals surface area contributed by atoms with Crippen molar-refractivity contribution in [1.82, 2.24) is 9.78 Å². The van der Waals surface area contributed by atoms with Crippen LogP contribution in [0.4, 0.5) is 0 Å². The van der Waals surface area contributed by atoms with Gasteiger partial charge < -0.3 is 4.74 Å². The number of aromatic nitrogens is 2. The smallest absolute Gasteiger partial charge is 0.356 e. The van der Waals surface area contributed by atoms with Crippen LogP contribution in [0.15, 0.2) is 36.4 Å². The maximum Gasteiger partial charge on any atom is 0.356 e. The molecule has 0 N–H and O–H groups in total. The van der Waals surface area contributed by atoms with Gasteiger partial charge in [0.25, 0.3) is 0 Å². The van der Waals surface area contributed by atoms with E-state index in [1.54, 1.807) is 17.7 Å². The maximum absolute atomic E-state index is 12.1. The highest BCUT2D eigenvalue weighted by molar-refractivity contribution is 5.89. The van der Waals surface area contributed by atoms with Gasteiger partial charge in [-0.05, 0) is 33.8 Å². The number of esters is 1. The first-order valence-electron chi connectivity index (χ1n) is 6.76. The molecule has 4 heteroatoms. The Morgan fingerprint density at radius 2 is 1.90 bits per heavy atom. The number of carbonyl (C=O) groups is 1. The van der Waals surface area contributed by atoms with Gasteiger partial charge in [-0.3, -0.25) is 4.68 Å². The predicted octanol–water partition coefficient (Wildman–Crippen LogP) is 3.48. The molecule has 0 saturated heterocycles. The second kappa shape index (κ2) is 5.49. The van der Waals surface area contributed by atoms with E-state index in [1.165, 1.54) is 0 Å². The number of carbonyl (C=O) groups excluding carboxylic acids is 1. The van der Waals surface area contributed by atoms with Crippen molar-refractivity contribution < 1.29 is 9.53 Å². The average Bonchev–Trinajstić information content (AvgIpc) is 2.85. The summed E-state index contributed by atoms with van der Waals surface area (Å²) in [5, 5.41) is 4.57. The molecule has 20 heavy (non-hydrogen) atoms. The molecule has 0 aliphatic carbocycles. The summed E-state index contributed by atoms with van der Waals surface area (Å²) in [6.45, 7) is 8.19. The van der Waals surface area contributed by atoms with Crippen LogP contribution in [0.3, 0.4) is 0 Å². The SMILES string of the molecule is CCOC(=O)c1cc(-c2ccccc2)nn1C(C)(C)C. The third kappa shape index (κ3) is 2.90. The number of ether oxygens (including phenoxy) is 1. The van der Waals surface area contributed by atoms with Gasteiger partial charge in [0, 0.05) is 5.56 Å². The number of benzene rings is 1. The fourth-order valence-corrected chi connectivity index (χ4v) is 1.99. The number of rotatable bonds is 3. The molecule has 0 atom stereocenters. The summed E-state index contributed by atoms with van der Waals surface area (Å²) in [6, 6.07) is 11.6. The van der Waals surface area contributed by atoms with Crippen LogP contribution in [0.5, 0.6) is 0 Å². The van der Waals surface area contributed by atoms with Gasteiger partial charge in [0.1, 0.15) is 5.69 Å². The molecular formula is C16H20N2O2. The largest absolute Gasteiger partial charge is 0.461 e. The van der Waals surface area contributed by atoms with Crippen LogP contribution in [0.1, 0.15) is 38.2 Å². The van der Waals surface area contributed by atoms with E-state index >= 15 is 0 Å². The van der Waals surface area contributed by atoms with Crippen LogP contribution in [-0.2, 0) is 10.3 Å². The van der Waals surface area contributed by atoms with Crippen LogP contribution < -0.4 is 0 Å². The quantitative estimate of drug-likeness (QED) is 0.803. The molecule has 4 nitrogen and oxygen atoms in total. The van der Waals surface area contributed by atoms with Crippen LogP contribution in [0, 0.1) is 0 Å². The predicted molar refractivity (Wildman–Crippen MR) is 78.6 cm³/mol. The van der Waals surface area contributed by atoms with Crippen molar-refractivity contribution in [2.75, 3.05) is 6.61 Å². The van der Waals surface area contributed by atoms with Crippen molar-refractivity contribution in [3.8, 4) is 11.3 Å². The zero-order chi connectivity index (χ0) is 14.8. The highest BCUT2D eigenvalue weighted by atomic mass is 16.5. The Labute approximate surface area is 119 Å². The number of nitrogens with zero attached hydrogens (tertiary/aromatic N) is 2. The Hall–Kier alpha value is -2.10. The lowest BCUT2D eigenvalue weighted by molar-refractivity contribution is 0.0503. The zero-order valence-electron chi connectivity index (χ0n) is 12.4. The molecule has 106 valence electrons. The summed E-state index contributed by atoms with van der Waals surface area (Å²) in [5.41, 5.74) is 1.97. The Morgan fingerprint density at radius 3 is 2.45 bits per heavy atom. The minimum atomic E-state index is -0.336. The number of hydrogen-bond donors (Lipinski definition) is 0. The van der Waals surface area contributed by atoms with Crippen molar-refractivity contribution in [2.45, 2.75) is 33.2 Å². The molecule has 1 aromatic heterocycles. The molecule has 2 aromatic rings. The second-order valence-electron chi connectivity index (χ2n) is 5.58. The summed E-state index contributed by atoms with van der Waals surface area (Å²) in [4.78, 5) is 12.1. The Kier molecular flexibility index (Phi) is 3.93. The standard InChI is InChI=1S/C16H20N2O2/c1-5-20-15(19)14-11-13(12-9-7-6-8-10-12)17-18(14)16(2,3)4/h6-11H,5H2,1-4H3. The molecule has 0 aliphatic heterocycles. The van der Waals surface area contributed by atoms with Gasteiger partial charge in [-0.15, -0.1) is 0 Å². The monoisotopic (exact) mass is 272 g/mol. The third-order valence-electron chi connectivity index (χ3n) is 2.90. The summed E-state index contributed by atoms with van der Waals surface area (Å²) >= 11 is 0. The average molecular weight is 272 g/mol.